The number of hydrogen-bond acceptors (Lipinski definition) is 5. The molecule has 1 aliphatic rings. The highest BCUT2D eigenvalue weighted by Crippen LogP contribution is 2.12. The highest BCUT2D eigenvalue weighted by atomic mass is 16.6. The van der Waals surface area contributed by atoms with Crippen molar-refractivity contribution in [3.8, 4) is 0 Å². The number of nitrogens with one attached hydrogen (secondary N) is 2. The van der Waals surface area contributed by atoms with Crippen LogP contribution in [0.5, 0.6) is 0 Å². The van der Waals surface area contributed by atoms with Crippen LogP contribution in [0.25, 0.3) is 0 Å². The van der Waals surface area contributed by atoms with Gasteiger partial charge < -0.3 is 25.0 Å². The third-order valence-electron chi connectivity index (χ3n) is 4.75. The molecule has 0 aliphatic carbocycles. The van der Waals surface area contributed by atoms with E-state index in [1.54, 1.807) is 31.1 Å². The Morgan fingerprint density at radius 2 is 1.97 bits per heavy atom. The van der Waals surface area contributed by atoms with Crippen LogP contribution in [0, 0.1) is 0 Å². The summed E-state index contributed by atoms with van der Waals surface area (Å²) >= 11 is 0. The fourth-order valence-corrected chi connectivity index (χ4v) is 3.24. The van der Waals surface area contributed by atoms with Crippen LogP contribution in [0.4, 0.5) is 4.79 Å². The molecule has 1 heterocycles. The average molecular weight is 405 g/mol. The van der Waals surface area contributed by atoms with E-state index in [0.29, 0.717) is 51.3 Å². The summed E-state index contributed by atoms with van der Waals surface area (Å²) in [6.45, 7) is 4.21. The first-order valence-electron chi connectivity index (χ1n) is 10.1. The number of benzene rings is 1. The van der Waals surface area contributed by atoms with Gasteiger partial charge in [-0.15, -0.1) is 0 Å². The van der Waals surface area contributed by atoms with Crippen molar-refractivity contribution >= 4 is 17.9 Å². The molecular weight excluding hydrogens is 374 g/mol. The zero-order valence-electron chi connectivity index (χ0n) is 17.2. The molecule has 29 heavy (non-hydrogen) atoms. The summed E-state index contributed by atoms with van der Waals surface area (Å²) in [7, 11) is 1.61. The number of rotatable bonds is 9. The van der Waals surface area contributed by atoms with Gasteiger partial charge >= 0.3 is 6.09 Å². The van der Waals surface area contributed by atoms with Crippen LogP contribution in [0.3, 0.4) is 0 Å². The van der Waals surface area contributed by atoms with E-state index in [2.05, 4.69) is 10.6 Å². The molecule has 0 unspecified atom stereocenters. The first-order valence-corrected chi connectivity index (χ1v) is 10.1. The third-order valence-corrected chi connectivity index (χ3v) is 4.75. The smallest absolute Gasteiger partial charge is 0.409 e. The van der Waals surface area contributed by atoms with Crippen molar-refractivity contribution in [3.63, 3.8) is 0 Å². The lowest BCUT2D eigenvalue weighted by Crippen LogP contribution is -2.46. The minimum absolute atomic E-state index is 0.0316. The summed E-state index contributed by atoms with van der Waals surface area (Å²) < 4.78 is 10.1. The van der Waals surface area contributed by atoms with E-state index in [9.17, 15) is 14.4 Å². The first kappa shape index (κ1) is 22.7. The number of carbonyl (C=O) groups is 3. The molecule has 1 saturated heterocycles. The van der Waals surface area contributed by atoms with Gasteiger partial charge in [-0.1, -0.05) is 12.1 Å². The van der Waals surface area contributed by atoms with Crippen LogP contribution >= 0.6 is 0 Å². The lowest BCUT2D eigenvalue weighted by Gasteiger charge is -2.31. The maximum absolute atomic E-state index is 12.2. The van der Waals surface area contributed by atoms with Gasteiger partial charge in [0, 0.05) is 44.8 Å². The van der Waals surface area contributed by atoms with Gasteiger partial charge in [0.2, 0.25) is 5.91 Å². The van der Waals surface area contributed by atoms with Crippen LogP contribution in [0.1, 0.15) is 48.5 Å². The predicted octanol–water partition coefficient (Wildman–Crippen LogP) is 2.08. The molecule has 0 atom stereocenters. The quantitative estimate of drug-likeness (QED) is 0.613. The molecule has 0 radical (unpaired) electrons. The van der Waals surface area contributed by atoms with Crippen LogP contribution in [0.2, 0.25) is 0 Å². The Kier molecular flexibility index (Phi) is 9.43. The molecule has 1 aromatic rings. The molecule has 1 fully saturated rings. The lowest BCUT2D eigenvalue weighted by molar-refractivity contribution is -0.122. The predicted molar refractivity (Wildman–Crippen MR) is 108 cm³/mol. The molecule has 8 nitrogen and oxygen atoms in total. The highest BCUT2D eigenvalue weighted by Gasteiger charge is 2.24. The molecule has 0 bridgehead atoms. The van der Waals surface area contributed by atoms with E-state index in [4.69, 9.17) is 9.47 Å². The number of likely N-dealkylation sites (tertiary alicyclic amines) is 1. The number of hydrogen-bond donors (Lipinski definition) is 2. The van der Waals surface area contributed by atoms with Crippen molar-refractivity contribution in [2.24, 2.45) is 0 Å². The van der Waals surface area contributed by atoms with E-state index < -0.39 is 0 Å². The average Bonchev–Trinajstić information content (AvgIpc) is 2.72. The topological polar surface area (TPSA) is 97.0 Å². The van der Waals surface area contributed by atoms with Crippen LogP contribution in [-0.4, -0.2) is 62.2 Å². The summed E-state index contributed by atoms with van der Waals surface area (Å²) in [4.78, 5) is 37.7. The molecule has 2 N–H and O–H groups in total. The van der Waals surface area contributed by atoms with Crippen molar-refractivity contribution in [2.75, 3.05) is 33.4 Å². The standard InChI is InChI=1S/C21H31N3O5/c1-3-29-21(27)24-12-9-18(10-13-24)23-19(25)8-5-11-22-20(26)17-7-4-6-16(14-17)15-28-2/h4,6-7,14,18H,3,5,8-13,15H2,1-2H3,(H,22,26)(H,23,25). The van der Waals surface area contributed by atoms with Crippen molar-refractivity contribution in [2.45, 2.75) is 45.3 Å². The zero-order chi connectivity index (χ0) is 21.1. The third kappa shape index (κ3) is 7.73. The van der Waals surface area contributed by atoms with Gasteiger partial charge in [-0.25, -0.2) is 4.79 Å². The lowest BCUT2D eigenvalue weighted by atomic mass is 10.1. The number of piperidine rings is 1. The second kappa shape index (κ2) is 12.1. The second-order valence-electron chi connectivity index (χ2n) is 7.02. The summed E-state index contributed by atoms with van der Waals surface area (Å²) in [6, 6.07) is 7.36. The van der Waals surface area contributed by atoms with E-state index in [0.717, 1.165) is 18.4 Å². The molecule has 2 rings (SSSR count). The molecule has 1 aromatic carbocycles. The Morgan fingerprint density at radius 3 is 2.66 bits per heavy atom. The number of carbonyl (C=O) groups excluding carboxylic acids is 3. The largest absolute Gasteiger partial charge is 0.450 e. The van der Waals surface area contributed by atoms with Gasteiger partial charge in [-0.3, -0.25) is 9.59 Å². The van der Waals surface area contributed by atoms with Gasteiger partial charge in [0.25, 0.3) is 5.91 Å². The number of nitrogens with zero attached hydrogens (tertiary/aromatic N) is 1. The molecule has 3 amide bonds. The van der Waals surface area contributed by atoms with Crippen LogP contribution < -0.4 is 10.6 Å². The molecule has 160 valence electrons. The Morgan fingerprint density at radius 1 is 1.21 bits per heavy atom. The van der Waals surface area contributed by atoms with Crippen molar-refractivity contribution in [1.29, 1.82) is 0 Å². The summed E-state index contributed by atoms with van der Waals surface area (Å²) in [5.41, 5.74) is 1.52. The summed E-state index contributed by atoms with van der Waals surface area (Å²) in [6.07, 6.45) is 2.07. The van der Waals surface area contributed by atoms with E-state index in [1.165, 1.54) is 0 Å². The monoisotopic (exact) mass is 405 g/mol. The number of ether oxygens (including phenoxy) is 2. The number of amides is 3. The Bertz CT molecular complexity index is 687. The molecule has 0 spiro atoms. The first-order chi connectivity index (χ1) is 14.0. The SMILES string of the molecule is CCOC(=O)N1CCC(NC(=O)CCCNC(=O)c2cccc(COC)c2)CC1. The summed E-state index contributed by atoms with van der Waals surface area (Å²) in [5, 5.41) is 5.85. The van der Waals surface area contributed by atoms with Gasteiger partial charge in [-0.05, 0) is 43.9 Å². The molecular formula is C21H31N3O5. The van der Waals surface area contributed by atoms with Gasteiger partial charge in [0.1, 0.15) is 0 Å². The van der Waals surface area contributed by atoms with Crippen molar-refractivity contribution in [3.05, 3.63) is 35.4 Å². The maximum Gasteiger partial charge on any atom is 0.409 e. The van der Waals surface area contributed by atoms with Crippen molar-refractivity contribution < 1.29 is 23.9 Å². The van der Waals surface area contributed by atoms with Gasteiger partial charge in [0.05, 0.1) is 13.2 Å². The Balaban J connectivity index is 1.62. The van der Waals surface area contributed by atoms with E-state index >= 15 is 0 Å². The molecule has 8 heteroatoms. The molecule has 0 aromatic heterocycles. The normalized spacial score (nSPS) is 14.3. The summed E-state index contributed by atoms with van der Waals surface area (Å²) in [5.74, 6) is -0.189. The number of methoxy groups -OCH3 is 1. The minimum Gasteiger partial charge on any atom is -0.450 e. The van der Waals surface area contributed by atoms with Crippen LogP contribution in [0.15, 0.2) is 24.3 Å². The maximum atomic E-state index is 12.2. The van der Waals surface area contributed by atoms with Crippen molar-refractivity contribution in [1.82, 2.24) is 15.5 Å². The Labute approximate surface area is 171 Å². The fraction of sp³-hybridized carbons (Fsp3) is 0.571. The zero-order valence-corrected chi connectivity index (χ0v) is 17.2. The minimum atomic E-state index is -0.291. The second-order valence-corrected chi connectivity index (χ2v) is 7.02. The van der Waals surface area contributed by atoms with Gasteiger partial charge in [0.15, 0.2) is 0 Å². The van der Waals surface area contributed by atoms with Gasteiger partial charge in [-0.2, -0.15) is 0 Å². The molecule has 1 aliphatic heterocycles. The fourth-order valence-electron chi connectivity index (χ4n) is 3.24. The van der Waals surface area contributed by atoms with Crippen LogP contribution in [-0.2, 0) is 20.9 Å². The molecule has 0 saturated carbocycles. The highest BCUT2D eigenvalue weighted by molar-refractivity contribution is 5.94. The van der Waals surface area contributed by atoms with E-state index in [1.807, 2.05) is 12.1 Å². The Hall–Kier alpha value is -2.61. The van der Waals surface area contributed by atoms with E-state index in [-0.39, 0.29) is 23.9 Å².